The lowest BCUT2D eigenvalue weighted by molar-refractivity contribution is 0.289. The molecule has 0 aliphatic carbocycles. The van der Waals surface area contributed by atoms with Crippen LogP contribution in [0.5, 0.6) is 5.75 Å². The fraction of sp³-hybridized carbons (Fsp3) is 0.429. The van der Waals surface area contributed by atoms with Crippen molar-refractivity contribution in [1.29, 1.82) is 0 Å². The van der Waals surface area contributed by atoms with Gasteiger partial charge in [0.2, 0.25) is 0 Å². The molecule has 0 fully saturated rings. The van der Waals surface area contributed by atoms with Crippen LogP contribution < -0.4 is 10.5 Å². The molecule has 0 saturated carbocycles. The Morgan fingerprint density at radius 3 is 2.88 bits per heavy atom. The highest BCUT2D eigenvalue weighted by molar-refractivity contribution is 5.39. The van der Waals surface area contributed by atoms with Crippen LogP contribution in [0.2, 0.25) is 0 Å². The first-order chi connectivity index (χ1) is 7.72. The van der Waals surface area contributed by atoms with E-state index in [-0.39, 0.29) is 0 Å². The van der Waals surface area contributed by atoms with E-state index >= 15 is 0 Å². The van der Waals surface area contributed by atoms with E-state index in [2.05, 4.69) is 25.7 Å². The Kier molecular flexibility index (Phi) is 5.45. The number of hydrogen-bond acceptors (Lipinski definition) is 2. The van der Waals surface area contributed by atoms with E-state index in [0.717, 1.165) is 24.3 Å². The van der Waals surface area contributed by atoms with E-state index in [4.69, 9.17) is 10.5 Å². The molecule has 86 valence electrons. The van der Waals surface area contributed by atoms with E-state index in [0.29, 0.717) is 12.5 Å². The molecule has 0 aromatic heterocycles. The summed E-state index contributed by atoms with van der Waals surface area (Å²) >= 11 is 0. The largest absolute Gasteiger partial charge is 0.494 e. The topological polar surface area (TPSA) is 35.2 Å². The predicted octanol–water partition coefficient (Wildman–Crippen LogP) is 2.42. The molecule has 2 heteroatoms. The summed E-state index contributed by atoms with van der Waals surface area (Å²) in [6.07, 6.45) is 1.07. The fourth-order valence-electron chi connectivity index (χ4n) is 1.23. The zero-order chi connectivity index (χ0) is 11.8. The van der Waals surface area contributed by atoms with Crippen molar-refractivity contribution in [2.24, 2.45) is 11.7 Å². The molecule has 0 spiro atoms. The number of hydrogen-bond donors (Lipinski definition) is 1. The minimum atomic E-state index is 0.387. The van der Waals surface area contributed by atoms with Gasteiger partial charge in [-0.15, -0.1) is 0 Å². The van der Waals surface area contributed by atoms with Gasteiger partial charge in [-0.25, -0.2) is 0 Å². The van der Waals surface area contributed by atoms with Crippen molar-refractivity contribution in [3.05, 3.63) is 29.8 Å². The van der Waals surface area contributed by atoms with Gasteiger partial charge in [0, 0.05) is 5.56 Å². The van der Waals surface area contributed by atoms with Gasteiger partial charge in [-0.3, -0.25) is 0 Å². The van der Waals surface area contributed by atoms with Crippen LogP contribution in [-0.4, -0.2) is 13.2 Å². The summed E-state index contributed by atoms with van der Waals surface area (Å²) in [6.45, 7) is 5.52. The van der Waals surface area contributed by atoms with Crippen LogP contribution in [0.15, 0.2) is 24.3 Å². The summed E-state index contributed by atoms with van der Waals surface area (Å²) in [7, 11) is 0. The summed E-state index contributed by atoms with van der Waals surface area (Å²) in [5.74, 6) is 7.36. The first-order valence-corrected chi connectivity index (χ1v) is 5.64. The van der Waals surface area contributed by atoms with Crippen molar-refractivity contribution in [3.63, 3.8) is 0 Å². The third-order valence-electron chi connectivity index (χ3n) is 2.13. The van der Waals surface area contributed by atoms with Crippen LogP contribution in [0.1, 0.15) is 25.8 Å². The van der Waals surface area contributed by atoms with Crippen LogP contribution in [0.25, 0.3) is 0 Å². The Morgan fingerprint density at radius 1 is 1.38 bits per heavy atom. The van der Waals surface area contributed by atoms with Crippen molar-refractivity contribution < 1.29 is 4.74 Å². The molecule has 0 unspecified atom stereocenters. The highest BCUT2D eigenvalue weighted by Gasteiger charge is 1.97. The summed E-state index contributed by atoms with van der Waals surface area (Å²) < 4.78 is 5.64. The van der Waals surface area contributed by atoms with Crippen LogP contribution >= 0.6 is 0 Å². The molecule has 0 atom stereocenters. The molecule has 0 amide bonds. The fourth-order valence-corrected chi connectivity index (χ4v) is 1.23. The standard InChI is InChI=1S/C14H19NO/c1-12(2)8-10-16-14-7-3-5-13(11-14)6-4-9-15/h3,5,7,11-12H,8-10,15H2,1-2H3. The number of benzene rings is 1. The average molecular weight is 217 g/mol. The van der Waals surface area contributed by atoms with Gasteiger partial charge >= 0.3 is 0 Å². The maximum atomic E-state index is 5.64. The molecule has 1 aromatic rings. The molecule has 0 radical (unpaired) electrons. The SMILES string of the molecule is CC(C)CCOc1cccc(C#CCN)c1. The van der Waals surface area contributed by atoms with Gasteiger partial charge in [-0.2, -0.15) is 0 Å². The van der Waals surface area contributed by atoms with Crippen LogP contribution in [-0.2, 0) is 0 Å². The molecule has 0 bridgehead atoms. The number of rotatable bonds is 4. The highest BCUT2D eigenvalue weighted by Crippen LogP contribution is 2.13. The Balaban J connectivity index is 2.54. The van der Waals surface area contributed by atoms with Gasteiger partial charge in [0.25, 0.3) is 0 Å². The van der Waals surface area contributed by atoms with E-state index in [1.165, 1.54) is 0 Å². The zero-order valence-electron chi connectivity index (χ0n) is 9.99. The number of nitrogens with two attached hydrogens (primary N) is 1. The third kappa shape index (κ3) is 4.86. The predicted molar refractivity (Wildman–Crippen MR) is 67.3 cm³/mol. The Morgan fingerprint density at radius 2 is 2.19 bits per heavy atom. The van der Waals surface area contributed by atoms with Crippen molar-refractivity contribution in [3.8, 4) is 17.6 Å². The lowest BCUT2D eigenvalue weighted by Crippen LogP contribution is -2.01. The van der Waals surface area contributed by atoms with Crippen LogP contribution in [0, 0.1) is 17.8 Å². The quantitative estimate of drug-likeness (QED) is 0.786. The van der Waals surface area contributed by atoms with Gasteiger partial charge < -0.3 is 10.5 Å². The van der Waals surface area contributed by atoms with Crippen molar-refractivity contribution >= 4 is 0 Å². The molecule has 2 nitrogen and oxygen atoms in total. The second-order valence-electron chi connectivity index (χ2n) is 4.06. The minimum Gasteiger partial charge on any atom is -0.494 e. The Hall–Kier alpha value is -1.46. The Bertz CT molecular complexity index is 374. The third-order valence-corrected chi connectivity index (χ3v) is 2.13. The highest BCUT2D eigenvalue weighted by atomic mass is 16.5. The average Bonchev–Trinajstić information content (AvgIpc) is 2.26. The summed E-state index contributed by atoms with van der Waals surface area (Å²) in [4.78, 5) is 0. The molecule has 0 aliphatic heterocycles. The molecule has 0 saturated heterocycles. The van der Waals surface area contributed by atoms with Gasteiger partial charge in [0.1, 0.15) is 5.75 Å². The van der Waals surface area contributed by atoms with Gasteiger partial charge in [0.15, 0.2) is 0 Å². The lowest BCUT2D eigenvalue weighted by atomic mass is 10.1. The van der Waals surface area contributed by atoms with Crippen LogP contribution in [0.3, 0.4) is 0 Å². The molecule has 2 N–H and O–H groups in total. The molecule has 1 aromatic carbocycles. The van der Waals surface area contributed by atoms with E-state index in [1.807, 2.05) is 24.3 Å². The lowest BCUT2D eigenvalue weighted by Gasteiger charge is -2.07. The first kappa shape index (κ1) is 12.6. The van der Waals surface area contributed by atoms with Crippen molar-refractivity contribution in [2.75, 3.05) is 13.2 Å². The maximum absolute atomic E-state index is 5.64. The first-order valence-electron chi connectivity index (χ1n) is 5.64. The molecule has 1 rings (SSSR count). The second kappa shape index (κ2) is 6.92. The number of ether oxygens (including phenoxy) is 1. The Labute approximate surface area is 97.8 Å². The summed E-state index contributed by atoms with van der Waals surface area (Å²) in [6, 6.07) is 7.81. The van der Waals surface area contributed by atoms with Crippen molar-refractivity contribution in [2.45, 2.75) is 20.3 Å². The van der Waals surface area contributed by atoms with Gasteiger partial charge in [0.05, 0.1) is 13.2 Å². The van der Waals surface area contributed by atoms with E-state index in [9.17, 15) is 0 Å². The molecule has 16 heavy (non-hydrogen) atoms. The normalized spacial score (nSPS) is 9.75. The van der Waals surface area contributed by atoms with E-state index in [1.54, 1.807) is 0 Å². The van der Waals surface area contributed by atoms with Gasteiger partial charge in [-0.05, 0) is 30.5 Å². The molecule has 0 aliphatic rings. The molecular formula is C14H19NO. The maximum Gasteiger partial charge on any atom is 0.120 e. The summed E-state index contributed by atoms with van der Waals surface area (Å²) in [5.41, 5.74) is 6.27. The summed E-state index contributed by atoms with van der Waals surface area (Å²) in [5, 5.41) is 0. The van der Waals surface area contributed by atoms with Crippen LogP contribution in [0.4, 0.5) is 0 Å². The van der Waals surface area contributed by atoms with E-state index < -0.39 is 0 Å². The second-order valence-corrected chi connectivity index (χ2v) is 4.06. The minimum absolute atomic E-state index is 0.387. The van der Waals surface area contributed by atoms with Crippen molar-refractivity contribution in [1.82, 2.24) is 0 Å². The smallest absolute Gasteiger partial charge is 0.120 e. The molecule has 0 heterocycles. The van der Waals surface area contributed by atoms with Gasteiger partial charge in [-0.1, -0.05) is 31.8 Å². The zero-order valence-corrected chi connectivity index (χ0v) is 9.99. The molecular weight excluding hydrogens is 198 g/mol. The monoisotopic (exact) mass is 217 g/mol.